The number of nitrogens with one attached hydrogen (secondary N) is 2. The number of imidazole rings is 1. The first-order valence-corrected chi connectivity index (χ1v) is 11.6. The molecule has 1 aliphatic heterocycles. The quantitative estimate of drug-likeness (QED) is 0.589. The summed E-state index contributed by atoms with van der Waals surface area (Å²) in [7, 11) is -2.19. The number of aryl methyl sites for hydroxylation is 1. The molecule has 2 N–H and O–H groups in total. The molecule has 2 aromatic carbocycles. The highest BCUT2D eigenvalue weighted by Gasteiger charge is 2.41. The average molecular weight is 478 g/mol. The zero-order valence-electron chi connectivity index (χ0n) is 17.1. The van der Waals surface area contributed by atoms with Crippen LogP contribution in [0, 0.1) is 5.82 Å². The third-order valence-electron chi connectivity index (χ3n) is 5.31. The Morgan fingerprint density at radius 1 is 1.16 bits per heavy atom. The van der Waals surface area contributed by atoms with Crippen molar-refractivity contribution < 1.29 is 17.6 Å². The number of nitrogens with zero attached hydrogens (tertiary/aromatic N) is 3. The molecule has 168 valence electrons. The molecule has 0 radical (unpaired) electrons. The van der Waals surface area contributed by atoms with Gasteiger partial charge in [0.2, 0.25) is 0 Å². The monoisotopic (exact) mass is 477 g/mol. The average Bonchev–Trinajstić information content (AvgIpc) is 3.38. The molecule has 8 nitrogen and oxygen atoms in total. The number of para-hydroxylation sites is 1. The molecular formula is C21H21ClFN5O3S. The summed E-state index contributed by atoms with van der Waals surface area (Å²) in [5, 5.41) is 5.83. The van der Waals surface area contributed by atoms with E-state index in [-0.39, 0.29) is 24.0 Å². The van der Waals surface area contributed by atoms with Crippen molar-refractivity contribution in [2.45, 2.75) is 17.0 Å². The number of hydrogen-bond acceptors (Lipinski definition) is 4. The standard InChI is InChI=1S/C21H21ClFN5O3S/c1-27-12-20(24-13-27)32(30,31)28-10-16(14-6-8-15(23)9-7-14)19(11-28)26-21(29)25-18-5-3-2-4-17(18)22/h2-9,12-13,16,19H,10-11H2,1H3,(H2,25,26,29)/t16-,19+/m1/s1. The maximum absolute atomic E-state index is 13.4. The Hall–Kier alpha value is -2.95. The second kappa shape index (κ2) is 8.89. The molecule has 0 saturated carbocycles. The van der Waals surface area contributed by atoms with Crippen LogP contribution in [0.3, 0.4) is 0 Å². The van der Waals surface area contributed by atoms with Crippen molar-refractivity contribution in [3.8, 4) is 0 Å². The van der Waals surface area contributed by atoms with Crippen LogP contribution in [0.15, 0.2) is 66.1 Å². The highest BCUT2D eigenvalue weighted by molar-refractivity contribution is 7.89. The van der Waals surface area contributed by atoms with Gasteiger partial charge in [0.05, 0.1) is 23.1 Å². The third-order valence-corrected chi connectivity index (χ3v) is 7.36. The molecule has 1 fully saturated rings. The largest absolute Gasteiger partial charge is 0.339 e. The predicted octanol–water partition coefficient (Wildman–Crippen LogP) is 3.19. The van der Waals surface area contributed by atoms with Gasteiger partial charge in [0.1, 0.15) is 5.82 Å². The Bertz CT molecular complexity index is 1230. The summed E-state index contributed by atoms with van der Waals surface area (Å²) in [6.45, 7) is 0.151. The number of anilines is 1. The van der Waals surface area contributed by atoms with Gasteiger partial charge in [-0.1, -0.05) is 35.9 Å². The Labute approximate surface area is 190 Å². The Morgan fingerprint density at radius 2 is 1.88 bits per heavy atom. The van der Waals surface area contributed by atoms with E-state index in [0.29, 0.717) is 16.3 Å². The van der Waals surface area contributed by atoms with E-state index in [1.165, 1.54) is 29.0 Å². The Kier molecular flexibility index (Phi) is 6.18. The smallest absolute Gasteiger partial charge is 0.319 e. The van der Waals surface area contributed by atoms with Crippen LogP contribution in [0.2, 0.25) is 5.02 Å². The maximum atomic E-state index is 13.4. The fourth-order valence-corrected chi connectivity index (χ4v) is 5.34. The lowest BCUT2D eigenvalue weighted by atomic mass is 9.94. The van der Waals surface area contributed by atoms with E-state index in [0.717, 1.165) is 0 Å². The molecule has 1 saturated heterocycles. The zero-order chi connectivity index (χ0) is 22.9. The van der Waals surface area contributed by atoms with Crippen LogP contribution in [0.5, 0.6) is 0 Å². The summed E-state index contributed by atoms with van der Waals surface area (Å²) < 4.78 is 42.5. The number of carbonyl (C=O) groups excluding carboxylic acids is 1. The van der Waals surface area contributed by atoms with E-state index in [9.17, 15) is 17.6 Å². The van der Waals surface area contributed by atoms with Crippen LogP contribution in [0.4, 0.5) is 14.9 Å². The van der Waals surface area contributed by atoms with Crippen molar-refractivity contribution in [1.82, 2.24) is 19.2 Å². The molecule has 2 amide bonds. The molecule has 11 heteroatoms. The molecule has 0 unspecified atom stereocenters. The summed E-state index contributed by atoms with van der Waals surface area (Å²) in [5.41, 5.74) is 1.15. The summed E-state index contributed by atoms with van der Waals surface area (Å²) in [6.07, 6.45) is 2.83. The van der Waals surface area contributed by atoms with Crippen LogP contribution < -0.4 is 10.6 Å². The molecule has 2 atom stereocenters. The molecule has 0 aliphatic carbocycles. The van der Waals surface area contributed by atoms with Crippen molar-refractivity contribution in [3.05, 3.63) is 77.5 Å². The van der Waals surface area contributed by atoms with E-state index < -0.39 is 27.9 Å². The van der Waals surface area contributed by atoms with Crippen LogP contribution >= 0.6 is 11.6 Å². The minimum absolute atomic E-state index is 0.0386. The van der Waals surface area contributed by atoms with Gasteiger partial charge in [-0.3, -0.25) is 0 Å². The lowest BCUT2D eigenvalue weighted by Crippen LogP contribution is -2.42. The fourth-order valence-electron chi connectivity index (χ4n) is 3.70. The van der Waals surface area contributed by atoms with Crippen LogP contribution in [-0.4, -0.2) is 47.4 Å². The van der Waals surface area contributed by atoms with Gasteiger partial charge in [-0.25, -0.2) is 22.6 Å². The van der Waals surface area contributed by atoms with Crippen molar-refractivity contribution in [2.24, 2.45) is 7.05 Å². The van der Waals surface area contributed by atoms with Crippen LogP contribution in [-0.2, 0) is 17.1 Å². The van der Waals surface area contributed by atoms with Crippen molar-refractivity contribution in [1.29, 1.82) is 0 Å². The normalized spacial score (nSPS) is 19.1. The number of urea groups is 1. The lowest BCUT2D eigenvalue weighted by Gasteiger charge is -2.20. The highest BCUT2D eigenvalue weighted by atomic mass is 35.5. The molecule has 1 aromatic heterocycles. The number of amides is 2. The van der Waals surface area contributed by atoms with Crippen molar-refractivity contribution >= 4 is 33.3 Å². The maximum Gasteiger partial charge on any atom is 0.319 e. The van der Waals surface area contributed by atoms with E-state index >= 15 is 0 Å². The molecular weight excluding hydrogens is 457 g/mol. The summed E-state index contributed by atoms with van der Waals surface area (Å²) in [5.74, 6) is -0.781. The van der Waals surface area contributed by atoms with Gasteiger partial charge in [-0.2, -0.15) is 4.31 Å². The highest BCUT2D eigenvalue weighted by Crippen LogP contribution is 2.31. The second-order valence-corrected chi connectivity index (χ2v) is 9.83. The molecule has 3 aromatic rings. The predicted molar refractivity (Wildman–Crippen MR) is 119 cm³/mol. The first-order chi connectivity index (χ1) is 15.2. The van der Waals surface area contributed by atoms with E-state index in [2.05, 4.69) is 15.6 Å². The molecule has 0 spiro atoms. The van der Waals surface area contributed by atoms with Crippen molar-refractivity contribution in [3.63, 3.8) is 0 Å². The third kappa shape index (κ3) is 4.62. The summed E-state index contributed by atoms with van der Waals surface area (Å²) in [4.78, 5) is 16.6. The number of rotatable bonds is 5. The summed E-state index contributed by atoms with van der Waals surface area (Å²) in [6, 6.07) is 11.5. The number of aromatic nitrogens is 2. The van der Waals surface area contributed by atoms with Gasteiger partial charge < -0.3 is 15.2 Å². The van der Waals surface area contributed by atoms with Crippen LogP contribution in [0.1, 0.15) is 11.5 Å². The molecule has 4 rings (SSSR count). The first kappa shape index (κ1) is 22.3. The molecule has 32 heavy (non-hydrogen) atoms. The Balaban J connectivity index is 1.58. The fraction of sp³-hybridized carbons (Fsp3) is 0.238. The first-order valence-electron chi connectivity index (χ1n) is 9.79. The van der Waals surface area contributed by atoms with Crippen molar-refractivity contribution in [2.75, 3.05) is 18.4 Å². The second-order valence-electron chi connectivity index (χ2n) is 7.54. The van der Waals surface area contributed by atoms with Gasteiger partial charge in [-0.05, 0) is 29.8 Å². The van der Waals surface area contributed by atoms with Gasteiger partial charge >= 0.3 is 6.03 Å². The van der Waals surface area contributed by atoms with E-state index in [1.807, 2.05) is 0 Å². The lowest BCUT2D eigenvalue weighted by molar-refractivity contribution is 0.248. The van der Waals surface area contributed by atoms with E-state index in [1.54, 1.807) is 48.0 Å². The van der Waals surface area contributed by atoms with E-state index in [4.69, 9.17) is 11.6 Å². The van der Waals surface area contributed by atoms with Gasteiger partial charge in [0.15, 0.2) is 5.03 Å². The van der Waals surface area contributed by atoms with Gasteiger partial charge in [0.25, 0.3) is 10.0 Å². The number of carbonyl (C=O) groups is 1. The molecule has 1 aliphatic rings. The number of hydrogen-bond donors (Lipinski definition) is 2. The number of halogens is 2. The molecule has 0 bridgehead atoms. The number of benzene rings is 2. The molecule has 2 heterocycles. The van der Waals surface area contributed by atoms with Gasteiger partial charge in [0, 0.05) is 32.3 Å². The zero-order valence-corrected chi connectivity index (χ0v) is 18.6. The Morgan fingerprint density at radius 3 is 2.53 bits per heavy atom. The minimum atomic E-state index is -3.87. The number of sulfonamides is 1. The minimum Gasteiger partial charge on any atom is -0.339 e. The summed E-state index contributed by atoms with van der Waals surface area (Å²) >= 11 is 6.10. The van der Waals surface area contributed by atoms with Crippen LogP contribution in [0.25, 0.3) is 0 Å². The van der Waals surface area contributed by atoms with Gasteiger partial charge in [-0.15, -0.1) is 0 Å². The topological polar surface area (TPSA) is 96.3 Å². The SMILES string of the molecule is Cn1cnc(S(=O)(=O)N2C[C@H](NC(=O)Nc3ccccc3Cl)[C@@H](c3ccc(F)cc3)C2)c1.